The van der Waals surface area contributed by atoms with Crippen molar-refractivity contribution in [3.63, 3.8) is 0 Å². The van der Waals surface area contributed by atoms with Gasteiger partial charge in [0.05, 0.1) is 26.0 Å². The lowest BCUT2D eigenvalue weighted by Crippen LogP contribution is -2.29. The first-order valence-corrected chi connectivity index (χ1v) is 7.46. The number of methoxy groups -OCH3 is 2. The summed E-state index contributed by atoms with van der Waals surface area (Å²) >= 11 is 3.40. The molecule has 1 aromatic carbocycles. The molecule has 1 amide bonds. The van der Waals surface area contributed by atoms with Crippen LogP contribution < -0.4 is 20.5 Å². The number of hydrogen-bond acceptors (Lipinski definition) is 5. The van der Waals surface area contributed by atoms with Gasteiger partial charge in [0.15, 0.2) is 11.5 Å². The minimum Gasteiger partial charge on any atom is -0.493 e. The van der Waals surface area contributed by atoms with Crippen LogP contribution in [-0.2, 0) is 9.53 Å². The average molecular weight is 396 g/mol. The highest BCUT2D eigenvalue weighted by Crippen LogP contribution is 2.36. The molecule has 0 saturated carbocycles. The standard InChI is InChI=1S/C14H19BrN2O4.ClH/c1-19-12-5-9(15)10(6-13(12)20-2)17-14(18)11-4-3-8(7-16)21-11;/h5-6,8,11H,3-4,7,16H2,1-2H3,(H,17,18);1H/t8-,11+;/m1./s1. The van der Waals surface area contributed by atoms with Crippen molar-refractivity contribution in [3.8, 4) is 11.5 Å². The van der Waals surface area contributed by atoms with E-state index in [1.807, 2.05) is 0 Å². The van der Waals surface area contributed by atoms with Crippen LogP contribution in [0.4, 0.5) is 5.69 Å². The zero-order valence-corrected chi connectivity index (χ0v) is 14.8. The number of carbonyl (C=O) groups excluding carboxylic acids is 1. The maximum Gasteiger partial charge on any atom is 0.253 e. The zero-order valence-electron chi connectivity index (χ0n) is 12.4. The molecule has 1 aromatic rings. The van der Waals surface area contributed by atoms with E-state index in [0.717, 1.165) is 6.42 Å². The van der Waals surface area contributed by atoms with Crippen LogP contribution in [0.1, 0.15) is 12.8 Å². The van der Waals surface area contributed by atoms with Crippen LogP contribution in [0.5, 0.6) is 11.5 Å². The van der Waals surface area contributed by atoms with Crippen molar-refractivity contribution in [2.45, 2.75) is 25.0 Å². The van der Waals surface area contributed by atoms with Crippen molar-refractivity contribution in [2.75, 3.05) is 26.1 Å². The van der Waals surface area contributed by atoms with Crippen molar-refractivity contribution < 1.29 is 19.0 Å². The highest BCUT2D eigenvalue weighted by atomic mass is 79.9. The quantitative estimate of drug-likeness (QED) is 0.799. The molecule has 3 N–H and O–H groups in total. The fraction of sp³-hybridized carbons (Fsp3) is 0.500. The molecule has 2 rings (SSSR count). The number of benzene rings is 1. The van der Waals surface area contributed by atoms with Gasteiger partial charge in [-0.1, -0.05) is 0 Å². The molecular formula is C14H20BrClN2O4. The van der Waals surface area contributed by atoms with Gasteiger partial charge in [0.25, 0.3) is 5.91 Å². The molecule has 0 aromatic heterocycles. The van der Waals surface area contributed by atoms with Crippen LogP contribution in [0.15, 0.2) is 16.6 Å². The summed E-state index contributed by atoms with van der Waals surface area (Å²) in [6, 6.07) is 3.45. The van der Waals surface area contributed by atoms with Crippen molar-refractivity contribution in [2.24, 2.45) is 5.73 Å². The van der Waals surface area contributed by atoms with Gasteiger partial charge in [-0.05, 0) is 28.8 Å². The summed E-state index contributed by atoms with van der Waals surface area (Å²) in [5.41, 5.74) is 6.16. The summed E-state index contributed by atoms with van der Waals surface area (Å²) in [7, 11) is 3.10. The molecule has 2 atom stereocenters. The van der Waals surface area contributed by atoms with Crippen LogP contribution in [-0.4, -0.2) is 38.9 Å². The highest BCUT2D eigenvalue weighted by molar-refractivity contribution is 9.10. The summed E-state index contributed by atoms with van der Waals surface area (Å²) in [5.74, 6) is 0.949. The van der Waals surface area contributed by atoms with Crippen LogP contribution in [0.25, 0.3) is 0 Å². The van der Waals surface area contributed by atoms with Crippen LogP contribution in [0.2, 0.25) is 0 Å². The number of ether oxygens (including phenoxy) is 3. The second-order valence-corrected chi connectivity index (χ2v) is 5.59. The van der Waals surface area contributed by atoms with E-state index in [4.69, 9.17) is 19.9 Å². The van der Waals surface area contributed by atoms with Crippen molar-refractivity contribution in [1.82, 2.24) is 0 Å². The first-order chi connectivity index (χ1) is 10.1. The maximum absolute atomic E-state index is 12.2. The van der Waals surface area contributed by atoms with Crippen molar-refractivity contribution in [1.29, 1.82) is 0 Å². The van der Waals surface area contributed by atoms with Gasteiger partial charge in [-0.15, -0.1) is 12.4 Å². The molecular weight excluding hydrogens is 376 g/mol. The number of nitrogens with one attached hydrogen (secondary N) is 1. The van der Waals surface area contributed by atoms with Crippen LogP contribution in [0, 0.1) is 0 Å². The van der Waals surface area contributed by atoms with Gasteiger partial charge in [-0.3, -0.25) is 4.79 Å². The van der Waals surface area contributed by atoms with Gasteiger partial charge in [0, 0.05) is 23.2 Å². The first kappa shape index (κ1) is 19.0. The Kier molecular flexibility index (Phi) is 7.41. The molecule has 1 aliphatic rings. The summed E-state index contributed by atoms with van der Waals surface area (Å²) < 4.78 is 16.7. The molecule has 1 fully saturated rings. The Labute approximate surface area is 144 Å². The third kappa shape index (κ3) is 4.25. The molecule has 0 aliphatic carbocycles. The van der Waals surface area contributed by atoms with Gasteiger partial charge in [-0.25, -0.2) is 0 Å². The Hall–Kier alpha value is -1.02. The van der Waals surface area contributed by atoms with Crippen molar-refractivity contribution in [3.05, 3.63) is 16.6 Å². The average Bonchev–Trinajstić information content (AvgIpc) is 2.97. The molecule has 6 nitrogen and oxygen atoms in total. The van der Waals surface area contributed by atoms with Gasteiger partial charge < -0.3 is 25.3 Å². The minimum absolute atomic E-state index is 0. The van der Waals surface area contributed by atoms with Gasteiger partial charge in [0.2, 0.25) is 0 Å². The predicted molar refractivity (Wildman–Crippen MR) is 90.1 cm³/mol. The van der Waals surface area contributed by atoms with Gasteiger partial charge in [0.1, 0.15) is 6.10 Å². The van der Waals surface area contributed by atoms with E-state index in [-0.39, 0.29) is 24.4 Å². The Morgan fingerprint density at radius 3 is 2.55 bits per heavy atom. The maximum atomic E-state index is 12.2. The Balaban J connectivity index is 0.00000242. The van der Waals surface area contributed by atoms with E-state index in [1.165, 1.54) is 0 Å². The topological polar surface area (TPSA) is 82.8 Å². The summed E-state index contributed by atoms with van der Waals surface area (Å²) in [5, 5.41) is 2.84. The SMILES string of the molecule is COc1cc(Br)c(NC(=O)[C@@H]2CC[C@H](CN)O2)cc1OC.Cl. The Bertz CT molecular complexity index is 530. The number of halogens is 2. The fourth-order valence-electron chi connectivity index (χ4n) is 2.24. The monoisotopic (exact) mass is 394 g/mol. The Morgan fingerprint density at radius 1 is 1.36 bits per heavy atom. The first-order valence-electron chi connectivity index (χ1n) is 6.67. The highest BCUT2D eigenvalue weighted by Gasteiger charge is 2.30. The molecule has 8 heteroatoms. The van der Waals surface area contributed by atoms with Crippen LogP contribution in [0.3, 0.4) is 0 Å². The molecule has 1 saturated heterocycles. The molecule has 1 heterocycles. The fourth-order valence-corrected chi connectivity index (χ4v) is 2.66. The molecule has 0 bridgehead atoms. The van der Waals surface area contributed by atoms with E-state index < -0.39 is 6.10 Å². The number of nitrogens with two attached hydrogens (primary N) is 1. The second-order valence-electron chi connectivity index (χ2n) is 4.74. The predicted octanol–water partition coefficient (Wildman–Crippen LogP) is 2.33. The molecule has 22 heavy (non-hydrogen) atoms. The van der Waals surface area contributed by atoms with Gasteiger partial charge in [-0.2, -0.15) is 0 Å². The normalized spacial score (nSPS) is 20.2. The summed E-state index contributed by atoms with van der Waals surface area (Å²) in [6.07, 6.45) is 0.994. The molecule has 0 spiro atoms. The summed E-state index contributed by atoms with van der Waals surface area (Å²) in [4.78, 5) is 12.2. The van der Waals surface area contributed by atoms with Crippen LogP contribution >= 0.6 is 28.3 Å². The third-order valence-electron chi connectivity index (χ3n) is 3.39. The smallest absolute Gasteiger partial charge is 0.253 e. The molecule has 0 unspecified atom stereocenters. The molecule has 1 aliphatic heterocycles. The number of hydrogen-bond donors (Lipinski definition) is 2. The van der Waals surface area contributed by atoms with E-state index >= 15 is 0 Å². The van der Waals surface area contributed by atoms with Crippen molar-refractivity contribution >= 4 is 39.9 Å². The lowest BCUT2D eigenvalue weighted by atomic mass is 10.2. The van der Waals surface area contributed by atoms with E-state index in [2.05, 4.69) is 21.2 Å². The summed E-state index contributed by atoms with van der Waals surface area (Å²) in [6.45, 7) is 0.434. The number of amides is 1. The minimum atomic E-state index is -0.460. The van der Waals surface area contributed by atoms with E-state index in [1.54, 1.807) is 26.4 Å². The lowest BCUT2D eigenvalue weighted by molar-refractivity contribution is -0.126. The van der Waals surface area contributed by atoms with Gasteiger partial charge >= 0.3 is 0 Å². The Morgan fingerprint density at radius 2 is 2.00 bits per heavy atom. The third-order valence-corrected chi connectivity index (χ3v) is 4.05. The molecule has 124 valence electrons. The number of carbonyl (C=O) groups is 1. The number of anilines is 1. The largest absolute Gasteiger partial charge is 0.493 e. The second kappa shape index (κ2) is 8.57. The molecule has 0 radical (unpaired) electrons. The number of rotatable bonds is 5. The van der Waals surface area contributed by atoms with E-state index in [9.17, 15) is 4.79 Å². The lowest BCUT2D eigenvalue weighted by Gasteiger charge is -2.15. The zero-order chi connectivity index (χ0) is 15.4. The van der Waals surface area contributed by atoms with E-state index in [0.29, 0.717) is 34.6 Å².